The third-order valence-electron chi connectivity index (χ3n) is 5.87. The molecule has 0 saturated carbocycles. The van der Waals surface area contributed by atoms with E-state index in [2.05, 4.69) is 46.4 Å². The zero-order chi connectivity index (χ0) is 19.6. The van der Waals surface area contributed by atoms with Gasteiger partial charge in [-0.05, 0) is 56.1 Å². The second-order valence-electron chi connectivity index (χ2n) is 7.90. The zero-order valence-electron chi connectivity index (χ0n) is 18.1. The van der Waals surface area contributed by atoms with Crippen molar-refractivity contribution in [3.63, 3.8) is 0 Å². The Hall–Kier alpha value is -0.860. The molecule has 6 heteroatoms. The van der Waals surface area contributed by atoms with Gasteiger partial charge in [0.1, 0.15) is 0 Å². The first-order valence-corrected chi connectivity index (χ1v) is 11.0. The lowest BCUT2D eigenvalue weighted by Crippen LogP contribution is -2.47. The summed E-state index contributed by atoms with van der Waals surface area (Å²) in [4.78, 5) is 6.84. The van der Waals surface area contributed by atoms with Crippen LogP contribution in [0, 0.1) is 0 Å². The molecule has 1 aromatic rings. The Kier molecular flexibility index (Phi) is 11.3. The Bertz CT molecular complexity index is 595. The molecule has 0 aliphatic carbocycles. The summed E-state index contributed by atoms with van der Waals surface area (Å²) >= 11 is 0. The average molecular weight is 515 g/mol. The van der Waals surface area contributed by atoms with Crippen LogP contribution in [-0.4, -0.2) is 63.0 Å². The smallest absolute Gasteiger partial charge is 0.193 e. The minimum absolute atomic E-state index is 0. The molecule has 1 atom stereocenters. The number of nitrogens with one attached hydrogen (secondary N) is 1. The number of likely N-dealkylation sites (tertiary alicyclic amines) is 1. The number of rotatable bonds is 7. The van der Waals surface area contributed by atoms with Crippen LogP contribution < -0.4 is 5.32 Å². The van der Waals surface area contributed by atoms with Crippen molar-refractivity contribution in [3.05, 3.63) is 35.4 Å². The second kappa shape index (κ2) is 13.4. The maximum Gasteiger partial charge on any atom is 0.193 e. The lowest BCUT2D eigenvalue weighted by atomic mass is 10.1. The van der Waals surface area contributed by atoms with E-state index in [9.17, 15) is 0 Å². The van der Waals surface area contributed by atoms with Crippen LogP contribution in [0.4, 0.5) is 0 Å². The van der Waals surface area contributed by atoms with Gasteiger partial charge in [0.2, 0.25) is 0 Å². The molecule has 2 fully saturated rings. The Balaban J connectivity index is 0.00000300. The van der Waals surface area contributed by atoms with E-state index < -0.39 is 0 Å². The topological polar surface area (TPSA) is 46.1 Å². The Morgan fingerprint density at radius 2 is 1.86 bits per heavy atom. The monoisotopic (exact) mass is 515 g/mol. The van der Waals surface area contributed by atoms with Crippen molar-refractivity contribution in [1.82, 2.24) is 10.2 Å². The summed E-state index contributed by atoms with van der Waals surface area (Å²) in [5, 5.41) is 3.53. The number of ether oxygens (including phenoxy) is 2. The van der Waals surface area contributed by atoms with Gasteiger partial charge in [-0.2, -0.15) is 0 Å². The normalized spacial score (nSPS) is 21.0. The molecule has 164 valence electrons. The first kappa shape index (κ1) is 24.4. The number of piperidine rings is 1. The molecule has 0 radical (unpaired) electrons. The molecular weight excluding hydrogens is 477 g/mol. The average Bonchev–Trinajstić information content (AvgIpc) is 2.77. The van der Waals surface area contributed by atoms with Gasteiger partial charge in [-0.25, -0.2) is 0 Å². The van der Waals surface area contributed by atoms with Gasteiger partial charge in [-0.15, -0.1) is 24.0 Å². The largest absolute Gasteiger partial charge is 0.376 e. The van der Waals surface area contributed by atoms with Crippen LogP contribution in [0.5, 0.6) is 0 Å². The molecule has 1 N–H and O–H groups in total. The van der Waals surface area contributed by atoms with E-state index in [1.807, 2.05) is 7.05 Å². The molecular formula is C23H38IN3O2. The number of benzene rings is 1. The van der Waals surface area contributed by atoms with Crippen LogP contribution in [0.15, 0.2) is 29.3 Å². The summed E-state index contributed by atoms with van der Waals surface area (Å²) < 4.78 is 11.9. The summed E-state index contributed by atoms with van der Waals surface area (Å²) in [5.41, 5.74) is 2.77. The zero-order valence-corrected chi connectivity index (χ0v) is 20.4. The number of guanidine groups is 1. The standard InChI is InChI=1S/C23H37N3O2.HI/c1-3-19-7-9-20(10-8-19)11-14-25-23(24-2)26-15-12-21(13-16-26)28-18-22-6-4-5-17-27-22;/h7-10,21-22H,3-6,11-18H2,1-2H3,(H,24,25);1H. The quantitative estimate of drug-likeness (QED) is 0.339. The number of hydrogen-bond donors (Lipinski definition) is 1. The first-order chi connectivity index (χ1) is 13.8. The highest BCUT2D eigenvalue weighted by Crippen LogP contribution is 2.18. The first-order valence-electron chi connectivity index (χ1n) is 11.0. The summed E-state index contributed by atoms with van der Waals surface area (Å²) in [6.45, 7) is 6.76. The summed E-state index contributed by atoms with van der Waals surface area (Å²) in [6.07, 6.45) is 8.53. The van der Waals surface area contributed by atoms with E-state index in [0.717, 1.165) is 70.9 Å². The van der Waals surface area contributed by atoms with Crippen LogP contribution in [0.25, 0.3) is 0 Å². The highest BCUT2D eigenvalue weighted by atomic mass is 127. The van der Waals surface area contributed by atoms with Crippen molar-refractivity contribution >= 4 is 29.9 Å². The molecule has 29 heavy (non-hydrogen) atoms. The molecule has 1 unspecified atom stereocenters. The Labute approximate surface area is 193 Å². The SMILES string of the molecule is CCc1ccc(CCNC(=NC)N2CCC(OCC3CCCCO3)CC2)cc1.I. The van der Waals surface area contributed by atoms with Crippen molar-refractivity contribution in [3.8, 4) is 0 Å². The molecule has 0 aromatic heterocycles. The third kappa shape index (κ3) is 8.06. The van der Waals surface area contributed by atoms with Crippen LogP contribution in [-0.2, 0) is 22.3 Å². The molecule has 2 aliphatic rings. The minimum atomic E-state index is 0. The molecule has 2 heterocycles. The molecule has 2 saturated heterocycles. The number of halogens is 1. The molecule has 3 rings (SSSR count). The second-order valence-corrected chi connectivity index (χ2v) is 7.90. The van der Waals surface area contributed by atoms with Crippen LogP contribution >= 0.6 is 24.0 Å². The fourth-order valence-corrected chi connectivity index (χ4v) is 4.01. The van der Waals surface area contributed by atoms with E-state index >= 15 is 0 Å². The molecule has 0 spiro atoms. The van der Waals surface area contributed by atoms with E-state index in [4.69, 9.17) is 9.47 Å². The maximum absolute atomic E-state index is 6.13. The maximum atomic E-state index is 6.13. The van der Waals surface area contributed by atoms with Gasteiger partial charge in [0.05, 0.1) is 18.8 Å². The molecule has 0 amide bonds. The summed E-state index contributed by atoms with van der Waals surface area (Å²) in [5.74, 6) is 1.01. The van der Waals surface area contributed by atoms with Crippen molar-refractivity contribution in [2.45, 2.75) is 64.1 Å². The van der Waals surface area contributed by atoms with Gasteiger partial charge < -0.3 is 19.7 Å². The minimum Gasteiger partial charge on any atom is -0.376 e. The van der Waals surface area contributed by atoms with Gasteiger partial charge in [0.15, 0.2) is 5.96 Å². The fraction of sp³-hybridized carbons (Fsp3) is 0.696. The number of aliphatic imine (C=N–C) groups is 1. The Morgan fingerprint density at radius 3 is 2.48 bits per heavy atom. The summed E-state index contributed by atoms with van der Waals surface area (Å²) in [7, 11) is 1.88. The van der Waals surface area contributed by atoms with Crippen molar-refractivity contribution in [2.75, 3.05) is 39.9 Å². The van der Waals surface area contributed by atoms with Gasteiger partial charge in [0.25, 0.3) is 0 Å². The number of aryl methyl sites for hydroxylation is 1. The number of hydrogen-bond acceptors (Lipinski definition) is 3. The Morgan fingerprint density at radius 1 is 1.14 bits per heavy atom. The fourth-order valence-electron chi connectivity index (χ4n) is 4.01. The van der Waals surface area contributed by atoms with E-state index in [1.165, 1.54) is 24.0 Å². The predicted molar refractivity (Wildman–Crippen MR) is 130 cm³/mol. The van der Waals surface area contributed by atoms with Crippen molar-refractivity contribution < 1.29 is 9.47 Å². The van der Waals surface area contributed by atoms with E-state index in [-0.39, 0.29) is 24.0 Å². The highest BCUT2D eigenvalue weighted by molar-refractivity contribution is 14.0. The molecule has 1 aromatic carbocycles. The highest BCUT2D eigenvalue weighted by Gasteiger charge is 2.23. The van der Waals surface area contributed by atoms with Gasteiger partial charge in [-0.1, -0.05) is 31.2 Å². The van der Waals surface area contributed by atoms with Gasteiger partial charge in [0, 0.05) is 33.3 Å². The van der Waals surface area contributed by atoms with Crippen LogP contribution in [0.3, 0.4) is 0 Å². The van der Waals surface area contributed by atoms with E-state index in [1.54, 1.807) is 0 Å². The summed E-state index contributed by atoms with van der Waals surface area (Å²) in [6, 6.07) is 8.94. The third-order valence-corrected chi connectivity index (χ3v) is 5.87. The number of nitrogens with zero attached hydrogens (tertiary/aromatic N) is 2. The van der Waals surface area contributed by atoms with Gasteiger partial charge in [-0.3, -0.25) is 4.99 Å². The van der Waals surface area contributed by atoms with E-state index in [0.29, 0.717) is 12.2 Å². The molecule has 2 aliphatic heterocycles. The predicted octanol–water partition coefficient (Wildman–Crippen LogP) is 4.04. The lowest BCUT2D eigenvalue weighted by molar-refractivity contribution is -0.0721. The van der Waals surface area contributed by atoms with Crippen molar-refractivity contribution in [2.24, 2.45) is 4.99 Å². The van der Waals surface area contributed by atoms with Crippen molar-refractivity contribution in [1.29, 1.82) is 0 Å². The molecule has 5 nitrogen and oxygen atoms in total. The van der Waals surface area contributed by atoms with Crippen LogP contribution in [0.2, 0.25) is 0 Å². The lowest BCUT2D eigenvalue weighted by Gasteiger charge is -2.35. The molecule has 0 bridgehead atoms. The van der Waals surface area contributed by atoms with Gasteiger partial charge >= 0.3 is 0 Å². The van der Waals surface area contributed by atoms with Crippen LogP contribution in [0.1, 0.15) is 50.2 Å².